The molecule has 0 bridgehead atoms. The number of carbonyl (C=O) groups excluding carboxylic acids is 1. The Balaban J connectivity index is 1.46. The van der Waals surface area contributed by atoms with Crippen LogP contribution in [-0.2, 0) is 29.0 Å². The van der Waals surface area contributed by atoms with E-state index in [2.05, 4.69) is 9.88 Å². The zero-order valence-electron chi connectivity index (χ0n) is 20.9. The van der Waals surface area contributed by atoms with Gasteiger partial charge in [-0.05, 0) is 60.8 Å². The maximum atomic E-state index is 13.7. The third-order valence-electron chi connectivity index (χ3n) is 7.42. The highest BCUT2D eigenvalue weighted by molar-refractivity contribution is 5.82. The first-order valence-electron chi connectivity index (χ1n) is 12.9. The van der Waals surface area contributed by atoms with Gasteiger partial charge < -0.3 is 19.1 Å². The summed E-state index contributed by atoms with van der Waals surface area (Å²) < 4.78 is 7.59. The summed E-state index contributed by atoms with van der Waals surface area (Å²) in [4.78, 5) is 35.6. The van der Waals surface area contributed by atoms with Crippen molar-refractivity contribution in [2.24, 2.45) is 0 Å². The molecule has 2 aliphatic rings. The lowest BCUT2D eigenvalue weighted by molar-refractivity contribution is -0.143. The summed E-state index contributed by atoms with van der Waals surface area (Å²) in [7, 11) is 1.58. The lowest BCUT2D eigenvalue weighted by Gasteiger charge is -2.34. The summed E-state index contributed by atoms with van der Waals surface area (Å²) in [6, 6.07) is 15.3. The second kappa shape index (κ2) is 11.2. The topological polar surface area (TPSA) is 67.7 Å². The van der Waals surface area contributed by atoms with Gasteiger partial charge in [0.05, 0.1) is 0 Å². The van der Waals surface area contributed by atoms with Gasteiger partial charge in [-0.15, -0.1) is 0 Å². The van der Waals surface area contributed by atoms with Crippen LogP contribution in [0.15, 0.2) is 65.7 Å². The highest BCUT2D eigenvalue weighted by Crippen LogP contribution is 2.27. The Labute approximate surface area is 212 Å². The minimum Gasteiger partial charge on any atom is -0.367 e. The molecule has 1 aromatic carbocycles. The van der Waals surface area contributed by atoms with Crippen molar-refractivity contribution in [3.05, 3.63) is 88.1 Å². The van der Waals surface area contributed by atoms with Gasteiger partial charge in [-0.2, -0.15) is 0 Å². The SMILES string of the molecule is CO[C@H](C(=O)N1CCc2c(cc(-c3ccncc3)c(=O)n2CCN2CCCCC2)C1)c1ccccc1. The Kier molecular flexibility index (Phi) is 7.58. The Morgan fingerprint density at radius 3 is 2.47 bits per heavy atom. The fourth-order valence-corrected chi connectivity index (χ4v) is 5.48. The van der Waals surface area contributed by atoms with Crippen LogP contribution in [0, 0.1) is 0 Å². The first-order chi connectivity index (χ1) is 17.7. The lowest BCUT2D eigenvalue weighted by atomic mass is 9.98. The number of piperidine rings is 1. The first kappa shape index (κ1) is 24.4. The predicted molar refractivity (Wildman–Crippen MR) is 140 cm³/mol. The van der Waals surface area contributed by atoms with E-state index >= 15 is 0 Å². The Hall–Kier alpha value is -3.29. The van der Waals surface area contributed by atoms with Crippen molar-refractivity contribution in [2.75, 3.05) is 33.3 Å². The lowest BCUT2D eigenvalue weighted by Crippen LogP contribution is -2.43. The van der Waals surface area contributed by atoms with E-state index in [1.807, 2.05) is 58.0 Å². The number of ether oxygens (including phenoxy) is 1. The fourth-order valence-electron chi connectivity index (χ4n) is 5.48. The van der Waals surface area contributed by atoms with E-state index in [0.29, 0.717) is 31.6 Å². The fraction of sp³-hybridized carbons (Fsp3) is 0.414. The zero-order valence-corrected chi connectivity index (χ0v) is 20.9. The number of carbonyl (C=O) groups is 1. The second-order valence-electron chi connectivity index (χ2n) is 9.66. The number of likely N-dealkylation sites (tertiary alicyclic amines) is 1. The summed E-state index contributed by atoms with van der Waals surface area (Å²) in [5.74, 6) is -0.0501. The molecule has 0 unspecified atom stereocenters. The molecule has 0 N–H and O–H groups in total. The van der Waals surface area contributed by atoms with E-state index in [-0.39, 0.29) is 11.5 Å². The van der Waals surface area contributed by atoms with Crippen LogP contribution in [0.25, 0.3) is 11.1 Å². The molecule has 1 fully saturated rings. The summed E-state index contributed by atoms with van der Waals surface area (Å²) in [6.45, 7) is 4.76. The highest BCUT2D eigenvalue weighted by atomic mass is 16.5. The molecule has 3 aromatic rings. The molecule has 2 aliphatic heterocycles. The van der Waals surface area contributed by atoms with Crippen molar-refractivity contribution >= 4 is 5.91 Å². The van der Waals surface area contributed by atoms with Crippen LogP contribution in [0.4, 0.5) is 0 Å². The maximum absolute atomic E-state index is 13.7. The normalized spacial score (nSPS) is 17.0. The van der Waals surface area contributed by atoms with Crippen molar-refractivity contribution < 1.29 is 9.53 Å². The number of rotatable bonds is 7. The predicted octanol–water partition coefficient (Wildman–Crippen LogP) is 3.67. The van der Waals surface area contributed by atoms with Crippen molar-refractivity contribution in [3.63, 3.8) is 0 Å². The van der Waals surface area contributed by atoms with E-state index in [0.717, 1.165) is 42.0 Å². The van der Waals surface area contributed by atoms with Gasteiger partial charge in [-0.25, -0.2) is 0 Å². The van der Waals surface area contributed by atoms with Crippen molar-refractivity contribution in [3.8, 4) is 11.1 Å². The molecule has 2 aromatic heterocycles. The van der Waals surface area contributed by atoms with Crippen LogP contribution < -0.4 is 5.56 Å². The molecule has 4 heterocycles. The number of hydrogen-bond acceptors (Lipinski definition) is 5. The van der Waals surface area contributed by atoms with Gasteiger partial charge in [0.1, 0.15) is 0 Å². The van der Waals surface area contributed by atoms with Crippen molar-refractivity contribution in [1.29, 1.82) is 0 Å². The molecule has 0 aliphatic carbocycles. The highest BCUT2D eigenvalue weighted by Gasteiger charge is 2.30. The molecule has 1 saturated heterocycles. The number of pyridine rings is 2. The quantitative estimate of drug-likeness (QED) is 0.510. The standard InChI is InChI=1S/C29H34N4O3/c1-36-27(23-8-4-2-5-9-23)29(35)32-17-12-26-24(21-32)20-25(22-10-13-30-14-11-22)28(34)33(26)19-18-31-15-6-3-7-16-31/h2,4-5,8-11,13-14,20,27H,3,6-7,12,15-19,21H2,1H3/t27-/m0/s1. The van der Waals surface area contributed by atoms with Gasteiger partial charge >= 0.3 is 0 Å². The number of hydrogen-bond donors (Lipinski definition) is 0. The largest absolute Gasteiger partial charge is 0.367 e. The molecule has 36 heavy (non-hydrogen) atoms. The molecule has 5 rings (SSSR count). The van der Waals surface area contributed by atoms with Crippen LogP contribution in [-0.4, -0.2) is 58.5 Å². The minimum atomic E-state index is -0.641. The number of amides is 1. The third kappa shape index (κ3) is 5.13. The van der Waals surface area contributed by atoms with Gasteiger partial charge in [0.15, 0.2) is 6.10 Å². The summed E-state index contributed by atoms with van der Waals surface area (Å²) >= 11 is 0. The summed E-state index contributed by atoms with van der Waals surface area (Å²) in [5, 5.41) is 0. The molecular formula is C29H34N4O3. The van der Waals surface area contributed by atoms with Gasteiger partial charge in [-0.1, -0.05) is 36.8 Å². The van der Waals surface area contributed by atoms with Crippen LogP contribution in [0.2, 0.25) is 0 Å². The minimum absolute atomic E-state index is 0.0378. The summed E-state index contributed by atoms with van der Waals surface area (Å²) in [6.07, 6.45) is 7.18. The number of benzene rings is 1. The van der Waals surface area contributed by atoms with Crippen LogP contribution in [0.5, 0.6) is 0 Å². The van der Waals surface area contributed by atoms with Gasteiger partial charge in [-0.3, -0.25) is 14.6 Å². The van der Waals surface area contributed by atoms with Gasteiger partial charge in [0, 0.05) is 63.4 Å². The van der Waals surface area contributed by atoms with Crippen LogP contribution >= 0.6 is 0 Å². The Bertz CT molecular complexity index is 1240. The number of fused-ring (bicyclic) bond motifs is 1. The van der Waals surface area contributed by atoms with E-state index in [4.69, 9.17) is 4.74 Å². The van der Waals surface area contributed by atoms with E-state index < -0.39 is 6.10 Å². The van der Waals surface area contributed by atoms with E-state index in [1.54, 1.807) is 19.5 Å². The molecular weight excluding hydrogens is 452 g/mol. The van der Waals surface area contributed by atoms with Crippen molar-refractivity contribution in [2.45, 2.75) is 44.9 Å². The average Bonchev–Trinajstić information content (AvgIpc) is 2.94. The Morgan fingerprint density at radius 2 is 1.75 bits per heavy atom. The number of methoxy groups -OCH3 is 1. The second-order valence-corrected chi connectivity index (χ2v) is 9.66. The molecule has 1 atom stereocenters. The van der Waals surface area contributed by atoms with Crippen LogP contribution in [0.1, 0.15) is 42.2 Å². The molecule has 1 amide bonds. The van der Waals surface area contributed by atoms with Gasteiger partial charge in [0.25, 0.3) is 11.5 Å². The summed E-state index contributed by atoms with van der Waals surface area (Å²) in [5.41, 5.74) is 4.48. The maximum Gasteiger partial charge on any atom is 0.258 e. The van der Waals surface area contributed by atoms with Crippen molar-refractivity contribution in [1.82, 2.24) is 19.4 Å². The smallest absolute Gasteiger partial charge is 0.258 e. The Morgan fingerprint density at radius 1 is 1.00 bits per heavy atom. The molecule has 188 valence electrons. The number of aromatic nitrogens is 2. The molecule has 7 nitrogen and oxygen atoms in total. The van der Waals surface area contributed by atoms with E-state index in [9.17, 15) is 9.59 Å². The van der Waals surface area contributed by atoms with E-state index in [1.165, 1.54) is 19.3 Å². The number of nitrogens with zero attached hydrogens (tertiary/aromatic N) is 4. The van der Waals surface area contributed by atoms with Crippen LogP contribution in [0.3, 0.4) is 0 Å². The first-order valence-corrected chi connectivity index (χ1v) is 12.9. The van der Waals surface area contributed by atoms with Gasteiger partial charge in [0.2, 0.25) is 0 Å². The molecule has 0 spiro atoms. The zero-order chi connectivity index (χ0) is 24.9. The molecule has 0 saturated carbocycles. The average molecular weight is 487 g/mol. The third-order valence-corrected chi connectivity index (χ3v) is 7.42. The molecule has 0 radical (unpaired) electrons. The molecule has 7 heteroatoms. The monoisotopic (exact) mass is 486 g/mol.